The molecule has 0 saturated carbocycles. The molecule has 1 rings (SSSR count). The third-order valence-corrected chi connectivity index (χ3v) is 3.51. The second-order valence-electron chi connectivity index (χ2n) is 3.05. The zero-order valence-corrected chi connectivity index (χ0v) is 10.4. The van der Waals surface area contributed by atoms with Crippen molar-refractivity contribution in [3.63, 3.8) is 0 Å². The van der Waals surface area contributed by atoms with E-state index < -0.39 is 0 Å². The Balaban J connectivity index is 2.59. The highest BCUT2D eigenvalue weighted by Crippen LogP contribution is 2.23. The quantitative estimate of drug-likeness (QED) is 0.843. The Labute approximate surface area is 97.4 Å². The number of aliphatic hydroxyl groups excluding tert-OH is 1. The molecule has 0 amide bonds. The molecule has 0 fully saturated rings. The number of thioether (sulfide) groups is 1. The van der Waals surface area contributed by atoms with Gasteiger partial charge in [-0.1, -0.05) is 34.6 Å². The molecule has 0 aliphatic heterocycles. The molecule has 1 nitrogen and oxygen atoms in total. The number of hydrogen-bond donors (Lipinski definition) is 1. The summed E-state index contributed by atoms with van der Waals surface area (Å²) < 4.78 is 0.988. The van der Waals surface area contributed by atoms with Crippen LogP contribution in [0.4, 0.5) is 0 Å². The van der Waals surface area contributed by atoms with Crippen LogP contribution < -0.4 is 0 Å². The van der Waals surface area contributed by atoms with Gasteiger partial charge in [0.2, 0.25) is 0 Å². The second kappa shape index (κ2) is 5.59. The summed E-state index contributed by atoms with van der Waals surface area (Å²) in [5, 5.41) is 9.30. The van der Waals surface area contributed by atoms with Crippen molar-refractivity contribution in [2.75, 3.05) is 5.75 Å². The molecule has 1 unspecified atom stereocenters. The van der Waals surface area contributed by atoms with E-state index in [1.165, 1.54) is 4.90 Å². The molecule has 0 aliphatic carbocycles. The molecule has 1 N–H and O–H groups in total. The van der Waals surface area contributed by atoms with Crippen molar-refractivity contribution in [2.45, 2.75) is 17.9 Å². The Morgan fingerprint density at radius 3 is 2.50 bits per heavy atom. The molecular weight excluding hydrogens is 260 g/mol. The predicted molar refractivity (Wildman–Crippen MR) is 65.9 cm³/mol. The second-order valence-corrected chi connectivity index (χ2v) is 5.22. The summed E-state index contributed by atoms with van der Waals surface area (Å²) in [5.74, 6) is 0.869. The van der Waals surface area contributed by atoms with Gasteiger partial charge in [-0.2, -0.15) is 0 Å². The van der Waals surface area contributed by atoms with Crippen molar-refractivity contribution >= 4 is 27.7 Å². The summed E-state index contributed by atoms with van der Waals surface area (Å²) in [6.07, 6.45) is -0.389. The molecule has 0 aliphatic rings. The van der Waals surface area contributed by atoms with Gasteiger partial charge >= 0.3 is 0 Å². The average molecular weight is 273 g/mol. The first kappa shape index (κ1) is 11.8. The van der Waals surface area contributed by atoms with Gasteiger partial charge in [0.1, 0.15) is 0 Å². The van der Waals surface area contributed by atoms with Crippen molar-refractivity contribution in [3.8, 4) is 0 Å². The molecule has 0 heterocycles. The lowest BCUT2D eigenvalue weighted by atomic mass is 10.1. The minimum absolute atomic E-state index is 0.389. The average Bonchev–Trinajstić information content (AvgIpc) is 2.15. The van der Waals surface area contributed by atoms with Crippen LogP contribution in [0.3, 0.4) is 0 Å². The molecule has 0 saturated heterocycles. The van der Waals surface area contributed by atoms with E-state index in [0.717, 1.165) is 15.8 Å². The molecule has 1 aromatic carbocycles. The van der Waals surface area contributed by atoms with Crippen molar-refractivity contribution in [3.05, 3.63) is 40.9 Å². The van der Waals surface area contributed by atoms with Gasteiger partial charge in [0.15, 0.2) is 0 Å². The van der Waals surface area contributed by atoms with Gasteiger partial charge in [-0.05, 0) is 29.1 Å². The van der Waals surface area contributed by atoms with Crippen LogP contribution in [0, 0.1) is 0 Å². The van der Waals surface area contributed by atoms with Gasteiger partial charge in [0.05, 0.1) is 6.10 Å². The Hall–Kier alpha value is -0.250. The summed E-state index contributed by atoms with van der Waals surface area (Å²) in [6.45, 7) is 5.54. The molecule has 1 aromatic rings. The Morgan fingerprint density at radius 1 is 1.50 bits per heavy atom. The van der Waals surface area contributed by atoms with Crippen molar-refractivity contribution in [1.82, 2.24) is 0 Å². The van der Waals surface area contributed by atoms with E-state index in [2.05, 4.69) is 22.5 Å². The number of rotatable bonds is 4. The van der Waals surface area contributed by atoms with E-state index in [1.807, 2.05) is 24.3 Å². The SMILES string of the molecule is C=C(Br)CSc1ccc(C(C)O)cc1. The maximum atomic E-state index is 9.30. The molecule has 0 bridgehead atoms. The van der Waals surface area contributed by atoms with Gasteiger partial charge in [0.25, 0.3) is 0 Å². The van der Waals surface area contributed by atoms with Crippen LogP contribution in [0.2, 0.25) is 0 Å². The van der Waals surface area contributed by atoms with Crippen LogP contribution in [0.25, 0.3) is 0 Å². The van der Waals surface area contributed by atoms with Crippen molar-refractivity contribution in [1.29, 1.82) is 0 Å². The fourth-order valence-corrected chi connectivity index (χ4v) is 2.00. The number of halogens is 1. The van der Waals surface area contributed by atoms with Crippen molar-refractivity contribution < 1.29 is 5.11 Å². The molecule has 0 aromatic heterocycles. The van der Waals surface area contributed by atoms with E-state index in [-0.39, 0.29) is 6.10 Å². The first-order valence-electron chi connectivity index (χ1n) is 4.33. The lowest BCUT2D eigenvalue weighted by Gasteiger charge is -2.05. The van der Waals surface area contributed by atoms with Crippen LogP contribution in [-0.4, -0.2) is 10.9 Å². The van der Waals surface area contributed by atoms with E-state index in [0.29, 0.717) is 0 Å². The normalized spacial score (nSPS) is 12.5. The minimum Gasteiger partial charge on any atom is -0.389 e. The summed E-state index contributed by atoms with van der Waals surface area (Å²) in [6, 6.07) is 7.93. The van der Waals surface area contributed by atoms with Crippen LogP contribution in [-0.2, 0) is 0 Å². The highest BCUT2D eigenvalue weighted by Gasteiger charge is 2.00. The largest absolute Gasteiger partial charge is 0.389 e. The molecule has 3 heteroatoms. The topological polar surface area (TPSA) is 20.2 Å². The third kappa shape index (κ3) is 3.86. The highest BCUT2D eigenvalue weighted by atomic mass is 79.9. The molecule has 1 atom stereocenters. The fraction of sp³-hybridized carbons (Fsp3) is 0.273. The third-order valence-electron chi connectivity index (χ3n) is 1.76. The highest BCUT2D eigenvalue weighted by molar-refractivity contribution is 9.11. The van der Waals surface area contributed by atoms with Crippen LogP contribution in [0.15, 0.2) is 40.2 Å². The van der Waals surface area contributed by atoms with Gasteiger partial charge in [-0.3, -0.25) is 0 Å². The van der Waals surface area contributed by atoms with Gasteiger partial charge in [-0.15, -0.1) is 11.8 Å². The first-order valence-corrected chi connectivity index (χ1v) is 6.11. The number of aliphatic hydroxyl groups is 1. The molecule has 76 valence electrons. The summed E-state index contributed by atoms with van der Waals surface area (Å²) >= 11 is 5.04. The lowest BCUT2D eigenvalue weighted by molar-refractivity contribution is 0.199. The monoisotopic (exact) mass is 272 g/mol. The van der Waals surface area contributed by atoms with Crippen LogP contribution in [0.5, 0.6) is 0 Å². The lowest BCUT2D eigenvalue weighted by Crippen LogP contribution is -1.89. The maximum Gasteiger partial charge on any atom is 0.0761 e. The number of hydrogen-bond acceptors (Lipinski definition) is 2. The molecular formula is C11H13BrOS. The molecule has 14 heavy (non-hydrogen) atoms. The zero-order valence-electron chi connectivity index (χ0n) is 8.03. The van der Waals surface area contributed by atoms with E-state index in [4.69, 9.17) is 0 Å². The standard InChI is InChI=1S/C11H13BrOS/c1-8(12)7-14-11-5-3-10(4-6-11)9(2)13/h3-6,9,13H,1,7H2,2H3. The van der Waals surface area contributed by atoms with E-state index in [1.54, 1.807) is 18.7 Å². The summed E-state index contributed by atoms with van der Waals surface area (Å²) in [7, 11) is 0. The minimum atomic E-state index is -0.389. The van der Waals surface area contributed by atoms with Gasteiger partial charge in [0, 0.05) is 10.6 Å². The van der Waals surface area contributed by atoms with E-state index in [9.17, 15) is 5.11 Å². The predicted octanol–water partition coefficient (Wildman–Crippen LogP) is 3.74. The maximum absolute atomic E-state index is 9.30. The van der Waals surface area contributed by atoms with Crippen LogP contribution in [0.1, 0.15) is 18.6 Å². The fourth-order valence-electron chi connectivity index (χ4n) is 1.00. The Morgan fingerprint density at radius 2 is 2.07 bits per heavy atom. The van der Waals surface area contributed by atoms with E-state index >= 15 is 0 Å². The Kier molecular flexibility index (Phi) is 4.72. The van der Waals surface area contributed by atoms with Crippen LogP contribution >= 0.6 is 27.7 Å². The van der Waals surface area contributed by atoms with Gasteiger partial charge < -0.3 is 5.11 Å². The zero-order chi connectivity index (χ0) is 10.6. The smallest absolute Gasteiger partial charge is 0.0761 e. The molecule has 0 spiro atoms. The molecule has 0 radical (unpaired) electrons. The Bertz CT molecular complexity index is 306. The van der Waals surface area contributed by atoms with Crippen molar-refractivity contribution in [2.24, 2.45) is 0 Å². The summed E-state index contributed by atoms with van der Waals surface area (Å²) in [5.41, 5.74) is 0.951. The number of benzene rings is 1. The summed E-state index contributed by atoms with van der Waals surface area (Å²) in [4.78, 5) is 1.19. The first-order chi connectivity index (χ1) is 6.59. The van der Waals surface area contributed by atoms with Gasteiger partial charge in [-0.25, -0.2) is 0 Å².